The van der Waals surface area contributed by atoms with Gasteiger partial charge in [0.05, 0.1) is 17.2 Å². The highest BCUT2D eigenvalue weighted by Gasteiger charge is 2.38. The number of carbonyl (C=O) groups is 3. The molecule has 0 aromatic heterocycles. The molecule has 1 aliphatic heterocycles. The smallest absolute Gasteiger partial charge is 0.354 e. The Labute approximate surface area is 243 Å². The second-order valence-corrected chi connectivity index (χ2v) is 10.4. The first-order valence-corrected chi connectivity index (χ1v) is 13.5. The van der Waals surface area contributed by atoms with Crippen molar-refractivity contribution in [3.8, 4) is 0 Å². The molecule has 0 unspecified atom stereocenters. The fourth-order valence-corrected chi connectivity index (χ4v) is 4.87. The number of carbonyl (C=O) groups excluding carboxylic acids is 3. The van der Waals surface area contributed by atoms with Crippen LogP contribution >= 0.6 is 0 Å². The van der Waals surface area contributed by atoms with Gasteiger partial charge in [0.25, 0.3) is 5.91 Å². The van der Waals surface area contributed by atoms with E-state index in [2.05, 4.69) is 10.6 Å². The second kappa shape index (κ2) is 12.9. The summed E-state index contributed by atoms with van der Waals surface area (Å²) in [6.07, 6.45) is -5.79. The molecule has 0 saturated carbocycles. The zero-order valence-electron chi connectivity index (χ0n) is 23.1. The minimum Gasteiger partial charge on any atom is -0.354 e. The van der Waals surface area contributed by atoms with Gasteiger partial charge in [-0.3, -0.25) is 14.4 Å². The Kier molecular flexibility index (Phi) is 9.46. The monoisotopic (exact) mass is 605 g/mol. The van der Waals surface area contributed by atoms with Crippen molar-refractivity contribution in [1.82, 2.24) is 15.5 Å². The number of likely N-dealkylation sites (N-methyl/N-ethyl adjacent to an activating group) is 1. The third kappa shape index (κ3) is 8.14. The summed E-state index contributed by atoms with van der Waals surface area (Å²) in [5.74, 6) is -2.07. The molecule has 43 heavy (non-hydrogen) atoms. The Morgan fingerprint density at radius 1 is 0.953 bits per heavy atom. The summed E-state index contributed by atoms with van der Waals surface area (Å²) < 4.78 is 80.7. The third-order valence-corrected chi connectivity index (χ3v) is 7.23. The van der Waals surface area contributed by atoms with Gasteiger partial charge in [-0.2, -0.15) is 26.3 Å². The molecule has 1 aliphatic rings. The minimum atomic E-state index is -5.12. The summed E-state index contributed by atoms with van der Waals surface area (Å²) in [6, 6.07) is 11.9. The van der Waals surface area contributed by atoms with Crippen molar-refractivity contribution in [3.63, 3.8) is 0 Å². The highest BCUT2D eigenvalue weighted by atomic mass is 19.4. The van der Waals surface area contributed by atoms with Gasteiger partial charge in [0.1, 0.15) is 6.04 Å². The molecule has 12 heteroatoms. The molecule has 3 amide bonds. The summed E-state index contributed by atoms with van der Waals surface area (Å²) in [5, 5.41) is 7.13. The molecule has 4 rings (SSSR count). The maximum absolute atomic E-state index is 13.5. The molecule has 3 aromatic carbocycles. The predicted octanol–water partition coefficient (Wildman–Crippen LogP) is 5.90. The van der Waals surface area contributed by atoms with E-state index >= 15 is 0 Å². The Morgan fingerprint density at radius 2 is 1.60 bits per heavy atom. The number of rotatable bonds is 7. The Bertz CT molecular complexity index is 1500. The average molecular weight is 606 g/mol. The zero-order chi connectivity index (χ0) is 31.4. The summed E-state index contributed by atoms with van der Waals surface area (Å²) in [6.45, 7) is 0.493. The predicted molar refractivity (Wildman–Crippen MR) is 148 cm³/mol. The van der Waals surface area contributed by atoms with E-state index in [1.165, 1.54) is 13.1 Å². The average Bonchev–Trinajstić information content (AvgIpc) is 3.16. The molecular formula is C31H29F6N3O3. The van der Waals surface area contributed by atoms with Crippen molar-refractivity contribution in [3.05, 3.63) is 95.1 Å². The van der Waals surface area contributed by atoms with Gasteiger partial charge in [-0.1, -0.05) is 48.5 Å². The van der Waals surface area contributed by atoms with Crippen molar-refractivity contribution >= 4 is 28.5 Å². The van der Waals surface area contributed by atoms with E-state index in [4.69, 9.17) is 0 Å². The highest BCUT2D eigenvalue weighted by Crippen LogP contribution is 2.36. The standard InChI is InChI=1S/C31H29F6N3O3/c1-40(29(43)22-16-23(30(32,33)34)18-24(17-22)31(35,36)37)25(15-19-9-10-20-6-2-3-7-21(20)14-19)11-12-27(41)39-26-8-4-5-13-38-28(26)42/h2-3,6-7,9-12,14,16-18,25-26H,4-5,8,13,15H2,1H3,(H,38,42)(H,39,41)/b12-11+/t25-,26+/m0/s1. The number of benzene rings is 3. The van der Waals surface area contributed by atoms with Crippen LogP contribution in [0.5, 0.6) is 0 Å². The Hall–Kier alpha value is -4.35. The van der Waals surface area contributed by atoms with Gasteiger partial charge in [0.15, 0.2) is 0 Å². The number of halogens is 6. The summed E-state index contributed by atoms with van der Waals surface area (Å²) >= 11 is 0. The maximum Gasteiger partial charge on any atom is 0.416 e. The number of fused-ring (bicyclic) bond motifs is 1. The van der Waals surface area contributed by atoms with E-state index in [1.54, 1.807) is 6.07 Å². The molecule has 0 spiro atoms. The van der Waals surface area contributed by atoms with Crippen molar-refractivity contribution in [2.24, 2.45) is 0 Å². The number of hydrogen-bond acceptors (Lipinski definition) is 3. The van der Waals surface area contributed by atoms with Gasteiger partial charge in [0.2, 0.25) is 11.8 Å². The maximum atomic E-state index is 13.5. The molecule has 3 aromatic rings. The van der Waals surface area contributed by atoms with Crippen molar-refractivity contribution in [2.45, 2.75) is 50.1 Å². The van der Waals surface area contributed by atoms with Gasteiger partial charge < -0.3 is 15.5 Å². The first-order valence-electron chi connectivity index (χ1n) is 13.5. The van der Waals surface area contributed by atoms with Crippen LogP contribution < -0.4 is 10.6 Å². The van der Waals surface area contributed by atoms with Crippen molar-refractivity contribution in [1.29, 1.82) is 0 Å². The largest absolute Gasteiger partial charge is 0.416 e. The van der Waals surface area contributed by atoms with Crippen LogP contribution in [-0.2, 0) is 28.4 Å². The van der Waals surface area contributed by atoms with Crippen LogP contribution in [0.1, 0.15) is 46.3 Å². The van der Waals surface area contributed by atoms with E-state index in [-0.39, 0.29) is 18.4 Å². The lowest BCUT2D eigenvalue weighted by atomic mass is 9.99. The SMILES string of the molecule is CN(C(=O)c1cc(C(F)(F)F)cc(C(F)(F)F)c1)[C@@H](/C=C/C(=O)N[C@@H]1CCCCNC1=O)Cc1ccc2ccccc2c1. The molecule has 0 radical (unpaired) electrons. The number of nitrogens with zero attached hydrogens (tertiary/aromatic N) is 1. The first kappa shape index (κ1) is 31.6. The van der Waals surface area contributed by atoms with E-state index in [1.807, 2.05) is 36.4 Å². The van der Waals surface area contributed by atoms with Crippen LogP contribution in [0.3, 0.4) is 0 Å². The molecule has 228 valence electrons. The van der Waals surface area contributed by atoms with Crippen LogP contribution in [0.2, 0.25) is 0 Å². The number of nitrogens with one attached hydrogen (secondary N) is 2. The summed E-state index contributed by atoms with van der Waals surface area (Å²) in [5.41, 5.74) is -3.32. The molecule has 6 nitrogen and oxygen atoms in total. The number of alkyl halides is 6. The van der Waals surface area contributed by atoms with Crippen LogP contribution in [0.25, 0.3) is 10.8 Å². The molecule has 0 bridgehead atoms. The highest BCUT2D eigenvalue weighted by molar-refractivity contribution is 5.96. The normalized spacial score (nSPS) is 16.9. The zero-order valence-corrected chi connectivity index (χ0v) is 23.1. The Morgan fingerprint density at radius 3 is 2.26 bits per heavy atom. The molecule has 1 heterocycles. The fourth-order valence-electron chi connectivity index (χ4n) is 4.87. The van der Waals surface area contributed by atoms with Crippen LogP contribution in [-0.4, -0.2) is 48.3 Å². The molecule has 1 fully saturated rings. The van der Waals surface area contributed by atoms with Gasteiger partial charge >= 0.3 is 12.4 Å². The molecule has 2 atom stereocenters. The van der Waals surface area contributed by atoms with E-state index < -0.39 is 52.9 Å². The van der Waals surface area contributed by atoms with Crippen molar-refractivity contribution < 1.29 is 40.7 Å². The van der Waals surface area contributed by atoms with E-state index in [9.17, 15) is 40.7 Å². The Balaban J connectivity index is 1.65. The second-order valence-electron chi connectivity index (χ2n) is 10.4. The van der Waals surface area contributed by atoms with Crippen molar-refractivity contribution in [2.75, 3.05) is 13.6 Å². The molecule has 1 saturated heterocycles. The first-order chi connectivity index (χ1) is 20.2. The lowest BCUT2D eigenvalue weighted by Crippen LogP contribution is -2.45. The number of amides is 3. The fraction of sp³-hybridized carbons (Fsp3) is 0.323. The lowest BCUT2D eigenvalue weighted by Gasteiger charge is -2.27. The summed E-state index contributed by atoms with van der Waals surface area (Å²) in [7, 11) is 1.24. The van der Waals surface area contributed by atoms with Gasteiger partial charge in [-0.25, -0.2) is 0 Å². The van der Waals surface area contributed by atoms with E-state index in [0.29, 0.717) is 37.1 Å². The van der Waals surface area contributed by atoms with Gasteiger partial charge in [0, 0.05) is 25.2 Å². The summed E-state index contributed by atoms with van der Waals surface area (Å²) in [4.78, 5) is 39.4. The van der Waals surface area contributed by atoms with Gasteiger partial charge in [-0.15, -0.1) is 0 Å². The topological polar surface area (TPSA) is 78.5 Å². The molecule has 2 N–H and O–H groups in total. The van der Waals surface area contributed by atoms with Crippen LogP contribution in [0.15, 0.2) is 72.8 Å². The quantitative estimate of drug-likeness (QED) is 0.260. The number of hydrogen-bond donors (Lipinski definition) is 2. The van der Waals surface area contributed by atoms with Gasteiger partial charge in [-0.05, 0) is 60.2 Å². The molecule has 0 aliphatic carbocycles. The lowest BCUT2D eigenvalue weighted by molar-refractivity contribution is -0.143. The van der Waals surface area contributed by atoms with Crippen LogP contribution in [0.4, 0.5) is 26.3 Å². The van der Waals surface area contributed by atoms with E-state index in [0.717, 1.165) is 28.2 Å². The molecular weight excluding hydrogens is 576 g/mol. The third-order valence-electron chi connectivity index (χ3n) is 7.23. The van der Waals surface area contributed by atoms with Crippen LogP contribution in [0, 0.1) is 0 Å². The minimum absolute atomic E-state index is 0.0444.